The second-order valence-electron chi connectivity index (χ2n) is 2.91. The first-order chi connectivity index (χ1) is 7.48. The van der Waals surface area contributed by atoms with E-state index in [1.165, 1.54) is 0 Å². The van der Waals surface area contributed by atoms with Crippen molar-refractivity contribution in [1.29, 1.82) is 0 Å². The summed E-state index contributed by atoms with van der Waals surface area (Å²) in [5, 5.41) is 25.5. The third-order valence-electron chi connectivity index (χ3n) is 1.51. The molecule has 17 heavy (non-hydrogen) atoms. The Balaban J connectivity index is 5.46. The van der Waals surface area contributed by atoms with Gasteiger partial charge in [0.05, 0.1) is 0 Å². The molecular formula is C6H8MnO10. The fourth-order valence-corrected chi connectivity index (χ4v) is 1.83. The van der Waals surface area contributed by atoms with Crippen LogP contribution < -0.4 is 0 Å². The summed E-state index contributed by atoms with van der Waals surface area (Å²) in [4.78, 5) is 31.5. The molecule has 0 amide bonds. The monoisotopic (exact) mass is 295 g/mol. The van der Waals surface area contributed by atoms with E-state index in [9.17, 15) is 22.1 Å². The molecule has 0 aromatic heterocycles. The van der Waals surface area contributed by atoms with Crippen molar-refractivity contribution in [3.63, 3.8) is 0 Å². The second-order valence-corrected chi connectivity index (χ2v) is 4.39. The predicted octanol–water partition coefficient (Wildman–Crippen LogP) is -1.56. The van der Waals surface area contributed by atoms with Gasteiger partial charge in [0.1, 0.15) is 0 Å². The van der Waals surface area contributed by atoms with E-state index in [1.54, 1.807) is 0 Å². The molecule has 0 aliphatic heterocycles. The summed E-state index contributed by atoms with van der Waals surface area (Å²) < 4.78 is 33.0. The van der Waals surface area contributed by atoms with Crippen molar-refractivity contribution in [1.82, 2.24) is 0 Å². The quantitative estimate of drug-likeness (QED) is 0.402. The van der Waals surface area contributed by atoms with E-state index in [0.717, 1.165) is 0 Å². The molecule has 0 aliphatic rings. The first kappa shape index (κ1) is 15.4. The normalized spacial score (nSPS) is 12.1. The van der Waals surface area contributed by atoms with Crippen molar-refractivity contribution in [3.05, 3.63) is 0 Å². The Bertz CT molecular complexity index is 418. The average Bonchev–Trinajstić information content (AvgIpc) is 1.96. The Morgan fingerprint density at radius 3 is 1.53 bits per heavy atom. The average molecular weight is 295 g/mol. The van der Waals surface area contributed by atoms with Crippen LogP contribution in [0.3, 0.4) is 0 Å². The fraction of sp³-hybridized carbons (Fsp3) is 0.500. The maximum atomic E-state index is 10.8. The molecule has 0 heterocycles. The van der Waals surface area contributed by atoms with Crippen molar-refractivity contribution >= 4 is 17.9 Å². The van der Waals surface area contributed by atoms with Gasteiger partial charge in [0, 0.05) is 0 Å². The minimum absolute atomic E-state index is 1.44. The van der Waals surface area contributed by atoms with Gasteiger partial charge in [-0.25, -0.2) is 0 Å². The molecule has 0 radical (unpaired) electrons. The Labute approximate surface area is 95.7 Å². The summed E-state index contributed by atoms with van der Waals surface area (Å²) in [6.07, 6.45) is -2.87. The summed E-state index contributed by atoms with van der Waals surface area (Å²) >= 11 is -5.91. The minimum atomic E-state index is -5.91. The summed E-state index contributed by atoms with van der Waals surface area (Å²) in [6, 6.07) is 0. The number of carboxylic acids is 3. The van der Waals surface area contributed by atoms with Gasteiger partial charge in [0.25, 0.3) is 0 Å². The topological polar surface area (TPSA) is 175 Å². The zero-order chi connectivity index (χ0) is 13.9. The van der Waals surface area contributed by atoms with Crippen LogP contribution in [0.15, 0.2) is 0 Å². The molecule has 10 nitrogen and oxygen atoms in total. The standard InChI is InChI=1S/C6H7O7.Mn.H2O.2O/c7-3(8)1-6(13,5(11)12)2-4(9)10;;;;/h1-2H2,(H,7,8)(H,9,10)(H,11,12);;1H2;;/q-1;+2;;;/p-1. The molecule has 0 atom stereocenters. The van der Waals surface area contributed by atoms with E-state index in [2.05, 4.69) is 3.82 Å². The van der Waals surface area contributed by atoms with Gasteiger partial charge < -0.3 is 0 Å². The Morgan fingerprint density at radius 2 is 1.35 bits per heavy atom. The van der Waals surface area contributed by atoms with Gasteiger partial charge in [-0.05, 0) is 0 Å². The van der Waals surface area contributed by atoms with E-state index in [4.69, 9.17) is 19.5 Å². The molecule has 0 fully saturated rings. The predicted molar refractivity (Wildman–Crippen MR) is 39.5 cm³/mol. The van der Waals surface area contributed by atoms with Crippen LogP contribution in [0.5, 0.6) is 0 Å². The van der Waals surface area contributed by atoms with Crippen LogP contribution in [0.25, 0.3) is 0 Å². The van der Waals surface area contributed by atoms with Gasteiger partial charge in [-0.2, -0.15) is 0 Å². The Hall–Kier alpha value is -1.55. The van der Waals surface area contributed by atoms with E-state index in [-0.39, 0.29) is 0 Å². The van der Waals surface area contributed by atoms with Crippen LogP contribution in [0.2, 0.25) is 0 Å². The molecule has 0 saturated carbocycles. The van der Waals surface area contributed by atoms with Crippen LogP contribution in [0.4, 0.5) is 0 Å². The molecule has 0 rings (SSSR count). The maximum absolute atomic E-state index is 10.8. The number of hydrogen-bond acceptors (Lipinski definition) is 6. The summed E-state index contributed by atoms with van der Waals surface area (Å²) in [7, 11) is 0. The first-order valence-electron chi connectivity index (χ1n) is 3.78. The van der Waals surface area contributed by atoms with Gasteiger partial charge in [0.2, 0.25) is 0 Å². The number of hydrogen-bond donors (Lipinski definition) is 4. The fourth-order valence-electron chi connectivity index (χ4n) is 0.976. The van der Waals surface area contributed by atoms with Crippen LogP contribution in [-0.4, -0.2) is 43.0 Å². The van der Waals surface area contributed by atoms with Crippen molar-refractivity contribution in [2.45, 2.75) is 18.4 Å². The van der Waals surface area contributed by atoms with Crippen LogP contribution in [0, 0.1) is 0 Å². The molecule has 0 spiro atoms. The molecule has 99 valence electrons. The van der Waals surface area contributed by atoms with Crippen molar-refractivity contribution in [2.24, 2.45) is 0 Å². The molecule has 0 unspecified atom stereocenters. The molecular weight excluding hydrogens is 287 g/mol. The summed E-state index contributed by atoms with van der Waals surface area (Å²) in [6.45, 7) is 0. The van der Waals surface area contributed by atoms with Crippen molar-refractivity contribution < 1.29 is 58.7 Å². The molecule has 0 aliphatic carbocycles. The van der Waals surface area contributed by atoms with E-state index >= 15 is 0 Å². The number of aliphatic carboxylic acids is 3. The first-order valence-corrected chi connectivity index (χ1v) is 5.76. The second kappa shape index (κ2) is 5.19. The number of carboxylic acid groups (broad SMARTS) is 3. The molecule has 0 bridgehead atoms. The van der Waals surface area contributed by atoms with Gasteiger partial charge in [0.15, 0.2) is 0 Å². The molecule has 11 heteroatoms. The molecule has 0 saturated heterocycles. The van der Waals surface area contributed by atoms with Crippen LogP contribution in [0.1, 0.15) is 12.8 Å². The van der Waals surface area contributed by atoms with Crippen LogP contribution in [-0.2, 0) is 39.2 Å². The molecule has 4 N–H and O–H groups in total. The molecule has 0 aromatic rings. The summed E-state index contributed by atoms with van der Waals surface area (Å²) in [5.74, 6) is -5.72. The van der Waals surface area contributed by atoms with Crippen LogP contribution >= 0.6 is 0 Å². The summed E-state index contributed by atoms with van der Waals surface area (Å²) in [5.41, 5.74) is -3.07. The third-order valence-corrected chi connectivity index (χ3v) is 2.27. The van der Waals surface area contributed by atoms with E-state index < -0.39 is 49.7 Å². The van der Waals surface area contributed by atoms with E-state index in [1.807, 2.05) is 0 Å². The molecule has 0 aromatic carbocycles. The number of rotatable bonds is 7. The van der Waals surface area contributed by atoms with Gasteiger partial charge >= 0.3 is 95.1 Å². The zero-order valence-corrected chi connectivity index (χ0v) is 9.21. The van der Waals surface area contributed by atoms with Crippen molar-refractivity contribution in [2.75, 3.05) is 0 Å². The van der Waals surface area contributed by atoms with Gasteiger partial charge in [-0.15, -0.1) is 0 Å². The van der Waals surface area contributed by atoms with E-state index in [0.29, 0.717) is 0 Å². The Morgan fingerprint density at radius 1 is 1.00 bits per heavy atom. The number of carbonyl (C=O) groups is 3. The SMILES string of the molecule is O=C(O)CC(CC(=O)O)([O][Mn](=[O])(=[O])[OH])C(=O)O. The van der Waals surface area contributed by atoms with Crippen molar-refractivity contribution in [3.8, 4) is 0 Å². The zero-order valence-electron chi connectivity index (χ0n) is 8.03. The third kappa shape index (κ3) is 5.36. The van der Waals surface area contributed by atoms with Gasteiger partial charge in [-0.3, -0.25) is 0 Å². The van der Waals surface area contributed by atoms with Gasteiger partial charge in [-0.1, -0.05) is 0 Å². The Kier molecular flexibility index (Phi) is 4.71.